The molecule has 0 aliphatic heterocycles. The third-order valence-corrected chi connectivity index (χ3v) is 5.20. The molecule has 5 nitrogen and oxygen atoms in total. The fourth-order valence-corrected chi connectivity index (χ4v) is 2.86. The van der Waals surface area contributed by atoms with Crippen LogP contribution in [0, 0.1) is 5.92 Å². The molecule has 0 aliphatic carbocycles. The van der Waals surface area contributed by atoms with Crippen LogP contribution in [0.1, 0.15) is 56.8 Å². The molecule has 130 valence electrons. The molecule has 6 heteroatoms. The van der Waals surface area contributed by atoms with Crippen molar-refractivity contribution >= 4 is 21.6 Å². The van der Waals surface area contributed by atoms with Crippen LogP contribution in [0.4, 0.5) is 5.69 Å². The smallest absolute Gasteiger partial charge is 0.251 e. The predicted molar refractivity (Wildman–Crippen MR) is 95.2 cm³/mol. The molecule has 0 bridgehead atoms. The van der Waals surface area contributed by atoms with E-state index in [-0.39, 0.29) is 11.7 Å². The molecule has 1 rings (SSSR count). The van der Waals surface area contributed by atoms with E-state index in [1.807, 2.05) is 0 Å². The second kappa shape index (κ2) is 9.55. The first-order valence-corrected chi connectivity index (χ1v) is 9.95. The highest BCUT2D eigenvalue weighted by Gasteiger charge is 2.11. The normalized spacial score (nSPS) is 12.7. The van der Waals surface area contributed by atoms with Crippen molar-refractivity contribution in [3.05, 3.63) is 29.8 Å². The van der Waals surface area contributed by atoms with E-state index in [2.05, 4.69) is 23.9 Å². The minimum atomic E-state index is -3.29. The summed E-state index contributed by atoms with van der Waals surface area (Å²) in [5.41, 5.74) is 1.01. The third-order valence-electron chi connectivity index (χ3n) is 3.90. The summed E-state index contributed by atoms with van der Waals surface area (Å²) in [5.74, 6) is 0.408. The van der Waals surface area contributed by atoms with Crippen LogP contribution in [0.15, 0.2) is 24.3 Å². The van der Waals surface area contributed by atoms with E-state index in [1.165, 1.54) is 12.8 Å². The number of carbonyl (C=O) groups excluding carboxylic acids is 1. The van der Waals surface area contributed by atoms with Gasteiger partial charge >= 0.3 is 0 Å². The highest BCUT2D eigenvalue weighted by atomic mass is 32.2. The summed E-state index contributed by atoms with van der Waals surface area (Å²) in [4.78, 5) is 12.1. The predicted octanol–water partition coefficient (Wildman–Crippen LogP) is 3.39. The van der Waals surface area contributed by atoms with Gasteiger partial charge in [0.2, 0.25) is 10.0 Å². The van der Waals surface area contributed by atoms with E-state index in [1.54, 1.807) is 31.2 Å². The van der Waals surface area contributed by atoms with Crippen LogP contribution in [0.25, 0.3) is 0 Å². The van der Waals surface area contributed by atoms with Gasteiger partial charge in [-0.05, 0) is 43.5 Å². The number of unbranched alkanes of at least 4 members (excludes halogenated alkanes) is 1. The highest BCUT2D eigenvalue weighted by Crippen LogP contribution is 2.13. The molecule has 1 aromatic rings. The van der Waals surface area contributed by atoms with Gasteiger partial charge in [0, 0.05) is 17.8 Å². The van der Waals surface area contributed by atoms with Crippen molar-refractivity contribution in [1.29, 1.82) is 0 Å². The summed E-state index contributed by atoms with van der Waals surface area (Å²) >= 11 is 0. The molecule has 0 aromatic heterocycles. The molecule has 0 heterocycles. The van der Waals surface area contributed by atoms with Gasteiger partial charge < -0.3 is 5.32 Å². The lowest BCUT2D eigenvalue weighted by Gasteiger charge is -2.15. The van der Waals surface area contributed by atoms with Crippen molar-refractivity contribution in [3.63, 3.8) is 0 Å². The molecular formula is C17H28N2O3S. The summed E-state index contributed by atoms with van der Waals surface area (Å²) in [6.45, 7) is 6.56. The lowest BCUT2D eigenvalue weighted by atomic mass is 9.99. The Labute approximate surface area is 139 Å². The fourth-order valence-electron chi connectivity index (χ4n) is 2.22. The Morgan fingerprint density at radius 2 is 1.78 bits per heavy atom. The summed E-state index contributed by atoms with van der Waals surface area (Å²) in [5, 5.41) is 2.96. The molecule has 23 heavy (non-hydrogen) atoms. The molecular weight excluding hydrogens is 312 g/mol. The SMILES string of the molecule is CCCC[C@H](CC)CNC(=O)c1ccc(NS(=O)(=O)CC)cc1. The molecule has 0 saturated heterocycles. The Balaban J connectivity index is 2.57. The van der Waals surface area contributed by atoms with Crippen molar-refractivity contribution in [3.8, 4) is 0 Å². The standard InChI is InChI=1S/C17H28N2O3S/c1-4-7-8-14(5-2)13-18-17(20)15-9-11-16(12-10-15)19-23(21,22)6-3/h9-12,14,19H,4-8,13H2,1-3H3,(H,18,20)/t14-/m0/s1. The second-order valence-corrected chi connectivity index (χ2v) is 7.72. The van der Waals surface area contributed by atoms with Gasteiger partial charge in [0.1, 0.15) is 0 Å². The van der Waals surface area contributed by atoms with Crippen LogP contribution in [0.3, 0.4) is 0 Å². The molecule has 0 saturated carbocycles. The van der Waals surface area contributed by atoms with Crippen molar-refractivity contribution in [1.82, 2.24) is 5.32 Å². The maximum atomic E-state index is 12.1. The van der Waals surface area contributed by atoms with Crippen molar-refractivity contribution < 1.29 is 13.2 Å². The van der Waals surface area contributed by atoms with E-state index in [0.717, 1.165) is 12.8 Å². The lowest BCUT2D eigenvalue weighted by molar-refractivity contribution is 0.0946. The second-order valence-electron chi connectivity index (χ2n) is 5.71. The molecule has 1 amide bonds. The number of carbonyl (C=O) groups is 1. The summed E-state index contributed by atoms with van der Waals surface area (Å²) in [7, 11) is -3.29. The van der Waals surface area contributed by atoms with Crippen LogP contribution in [0.5, 0.6) is 0 Å². The first kappa shape index (κ1) is 19.5. The fraction of sp³-hybridized carbons (Fsp3) is 0.588. The van der Waals surface area contributed by atoms with Crippen LogP contribution < -0.4 is 10.0 Å². The first-order valence-electron chi connectivity index (χ1n) is 8.30. The minimum Gasteiger partial charge on any atom is -0.352 e. The number of benzene rings is 1. The molecule has 1 aromatic carbocycles. The molecule has 2 N–H and O–H groups in total. The van der Waals surface area contributed by atoms with Crippen molar-refractivity contribution in [2.24, 2.45) is 5.92 Å². The summed E-state index contributed by atoms with van der Waals surface area (Å²) < 4.78 is 25.4. The molecule has 1 atom stereocenters. The minimum absolute atomic E-state index is 0.0192. The van der Waals surface area contributed by atoms with Crippen LogP contribution in [-0.4, -0.2) is 26.6 Å². The number of sulfonamides is 1. The summed E-state index contributed by atoms with van der Waals surface area (Å²) in [6, 6.07) is 6.48. The van der Waals surface area contributed by atoms with E-state index in [4.69, 9.17) is 0 Å². The average Bonchev–Trinajstić information content (AvgIpc) is 2.55. The maximum absolute atomic E-state index is 12.1. The van der Waals surface area contributed by atoms with Gasteiger partial charge in [-0.25, -0.2) is 8.42 Å². The van der Waals surface area contributed by atoms with Crippen molar-refractivity contribution in [2.45, 2.75) is 46.5 Å². The Bertz CT molecular complexity index is 582. The topological polar surface area (TPSA) is 75.3 Å². The number of amides is 1. The zero-order chi connectivity index (χ0) is 17.3. The number of nitrogens with one attached hydrogen (secondary N) is 2. The van der Waals surface area contributed by atoms with E-state index >= 15 is 0 Å². The third kappa shape index (κ3) is 7.03. The van der Waals surface area contributed by atoms with Gasteiger partial charge in [-0.1, -0.05) is 33.1 Å². The molecule has 0 unspecified atom stereocenters. The first-order chi connectivity index (χ1) is 10.9. The average molecular weight is 340 g/mol. The molecule has 0 spiro atoms. The largest absolute Gasteiger partial charge is 0.352 e. The van der Waals surface area contributed by atoms with E-state index in [9.17, 15) is 13.2 Å². The number of hydrogen-bond acceptors (Lipinski definition) is 3. The van der Waals surface area contributed by atoms with Crippen LogP contribution in [0.2, 0.25) is 0 Å². The van der Waals surface area contributed by atoms with E-state index in [0.29, 0.717) is 23.7 Å². The Morgan fingerprint density at radius 3 is 2.30 bits per heavy atom. The van der Waals surface area contributed by atoms with Gasteiger partial charge in [-0.2, -0.15) is 0 Å². The zero-order valence-corrected chi connectivity index (χ0v) is 15.1. The van der Waals surface area contributed by atoms with Gasteiger partial charge in [0.05, 0.1) is 5.75 Å². The monoisotopic (exact) mass is 340 g/mol. The Morgan fingerprint density at radius 1 is 1.13 bits per heavy atom. The molecule has 0 fully saturated rings. The summed E-state index contributed by atoms with van der Waals surface area (Å²) in [6.07, 6.45) is 4.53. The van der Waals surface area contributed by atoms with Gasteiger partial charge in [-0.3, -0.25) is 9.52 Å². The van der Waals surface area contributed by atoms with Crippen LogP contribution in [-0.2, 0) is 10.0 Å². The van der Waals surface area contributed by atoms with Crippen molar-refractivity contribution in [2.75, 3.05) is 17.0 Å². The van der Waals surface area contributed by atoms with Gasteiger partial charge in [0.15, 0.2) is 0 Å². The Hall–Kier alpha value is -1.56. The highest BCUT2D eigenvalue weighted by molar-refractivity contribution is 7.92. The van der Waals surface area contributed by atoms with Gasteiger partial charge in [-0.15, -0.1) is 0 Å². The maximum Gasteiger partial charge on any atom is 0.251 e. The molecule has 0 aliphatic rings. The number of rotatable bonds is 10. The Kier molecular flexibility index (Phi) is 8.09. The molecule has 0 radical (unpaired) electrons. The number of anilines is 1. The zero-order valence-electron chi connectivity index (χ0n) is 14.3. The van der Waals surface area contributed by atoms with Crippen LogP contribution >= 0.6 is 0 Å². The van der Waals surface area contributed by atoms with Gasteiger partial charge in [0.25, 0.3) is 5.91 Å². The van der Waals surface area contributed by atoms with E-state index < -0.39 is 10.0 Å². The number of hydrogen-bond donors (Lipinski definition) is 2. The quantitative estimate of drug-likeness (QED) is 0.685. The lowest BCUT2D eigenvalue weighted by Crippen LogP contribution is -2.29.